The second kappa shape index (κ2) is 9.01. The van der Waals surface area contributed by atoms with E-state index >= 15 is 0 Å². The zero-order valence-corrected chi connectivity index (χ0v) is 9.25. The number of ether oxygens (including phenoxy) is 1. The van der Waals surface area contributed by atoms with E-state index in [9.17, 15) is 0 Å². The van der Waals surface area contributed by atoms with Crippen LogP contribution in [0.15, 0.2) is 0 Å². The van der Waals surface area contributed by atoms with Gasteiger partial charge in [0, 0.05) is 26.2 Å². The van der Waals surface area contributed by atoms with Gasteiger partial charge in [-0.25, -0.2) is 0 Å². The molecule has 3 heteroatoms. The summed E-state index contributed by atoms with van der Waals surface area (Å²) < 4.78 is 5.07. The fourth-order valence-electron chi connectivity index (χ4n) is 1.56. The smallest absolute Gasteiger partial charge is 0.0488 e. The number of unbranched alkanes of at least 4 members (excludes halogenated alkanes) is 1. The number of methoxy groups -OCH3 is 1. The average molecular weight is 198 g/mol. The van der Waals surface area contributed by atoms with Gasteiger partial charge >= 0.3 is 0 Å². The molecule has 0 saturated heterocycles. The van der Waals surface area contributed by atoms with Crippen LogP contribution in [0.5, 0.6) is 0 Å². The van der Waals surface area contributed by atoms with Crippen LogP contribution in [-0.2, 0) is 4.74 Å². The molecular weight excluding hydrogens is 176 g/mol. The summed E-state index contributed by atoms with van der Waals surface area (Å²) in [5.41, 5.74) is 2.83. The SMILES string of the molecule is C#CCCCC(CC(C)COC)NN. The standard InChI is InChI=1S/C11H22N2O/c1-4-5-6-7-11(13-12)8-10(2)9-14-3/h1,10-11,13H,5-9,12H2,2-3H3. The van der Waals surface area contributed by atoms with Gasteiger partial charge in [-0.1, -0.05) is 6.92 Å². The summed E-state index contributed by atoms with van der Waals surface area (Å²) in [4.78, 5) is 0. The molecule has 2 atom stereocenters. The third kappa shape index (κ3) is 6.90. The Morgan fingerprint density at radius 3 is 2.79 bits per heavy atom. The Bertz CT molecular complexity index is 165. The first kappa shape index (κ1) is 13.4. The third-order valence-electron chi connectivity index (χ3n) is 2.25. The molecule has 0 radical (unpaired) electrons. The summed E-state index contributed by atoms with van der Waals surface area (Å²) in [6.07, 6.45) is 9.12. The molecule has 0 heterocycles. The lowest BCUT2D eigenvalue weighted by Crippen LogP contribution is -2.36. The van der Waals surface area contributed by atoms with Crippen molar-refractivity contribution in [2.45, 2.75) is 38.6 Å². The third-order valence-corrected chi connectivity index (χ3v) is 2.25. The molecule has 0 bridgehead atoms. The lowest BCUT2D eigenvalue weighted by Gasteiger charge is -2.19. The second-order valence-electron chi connectivity index (χ2n) is 3.76. The highest BCUT2D eigenvalue weighted by molar-refractivity contribution is 4.83. The Labute approximate surface area is 87.4 Å². The number of nitrogens with one attached hydrogen (secondary N) is 1. The van der Waals surface area contributed by atoms with Gasteiger partial charge in [0.25, 0.3) is 0 Å². The van der Waals surface area contributed by atoms with Gasteiger partial charge in [0.05, 0.1) is 0 Å². The Morgan fingerprint density at radius 2 is 2.29 bits per heavy atom. The minimum Gasteiger partial charge on any atom is -0.384 e. The summed E-state index contributed by atoms with van der Waals surface area (Å²) in [6.45, 7) is 2.95. The van der Waals surface area contributed by atoms with Gasteiger partial charge in [0.15, 0.2) is 0 Å². The minimum atomic E-state index is 0.355. The van der Waals surface area contributed by atoms with E-state index in [-0.39, 0.29) is 0 Å². The Morgan fingerprint density at radius 1 is 1.57 bits per heavy atom. The molecule has 0 aromatic rings. The highest BCUT2D eigenvalue weighted by Gasteiger charge is 2.10. The maximum atomic E-state index is 5.46. The van der Waals surface area contributed by atoms with Crippen molar-refractivity contribution >= 4 is 0 Å². The van der Waals surface area contributed by atoms with Crippen LogP contribution in [0, 0.1) is 18.3 Å². The van der Waals surface area contributed by atoms with Crippen molar-refractivity contribution in [1.29, 1.82) is 0 Å². The van der Waals surface area contributed by atoms with E-state index in [1.165, 1.54) is 0 Å². The van der Waals surface area contributed by atoms with Crippen LogP contribution in [0.1, 0.15) is 32.6 Å². The number of terminal acetylenes is 1. The maximum Gasteiger partial charge on any atom is 0.0488 e. The zero-order valence-electron chi connectivity index (χ0n) is 9.25. The van der Waals surface area contributed by atoms with Crippen LogP contribution >= 0.6 is 0 Å². The highest BCUT2D eigenvalue weighted by atomic mass is 16.5. The molecule has 0 aromatic carbocycles. The lowest BCUT2D eigenvalue weighted by atomic mass is 9.99. The number of hydrogen-bond donors (Lipinski definition) is 2. The summed E-state index contributed by atoms with van der Waals surface area (Å²) in [5, 5.41) is 0. The van der Waals surface area contributed by atoms with E-state index < -0.39 is 0 Å². The van der Waals surface area contributed by atoms with Gasteiger partial charge in [-0.3, -0.25) is 11.3 Å². The molecule has 0 aliphatic heterocycles. The fourth-order valence-corrected chi connectivity index (χ4v) is 1.56. The van der Waals surface area contributed by atoms with E-state index in [2.05, 4.69) is 18.3 Å². The number of nitrogens with two attached hydrogens (primary N) is 1. The Kier molecular flexibility index (Phi) is 8.65. The average Bonchev–Trinajstić information content (AvgIpc) is 2.17. The van der Waals surface area contributed by atoms with Crippen LogP contribution in [0.4, 0.5) is 0 Å². The van der Waals surface area contributed by atoms with Crippen molar-refractivity contribution in [3.05, 3.63) is 0 Å². The van der Waals surface area contributed by atoms with Gasteiger partial charge in [0.2, 0.25) is 0 Å². The highest BCUT2D eigenvalue weighted by Crippen LogP contribution is 2.11. The molecule has 0 saturated carbocycles. The first-order valence-electron chi connectivity index (χ1n) is 5.13. The van der Waals surface area contributed by atoms with Crippen LogP contribution in [-0.4, -0.2) is 19.8 Å². The van der Waals surface area contributed by atoms with Crippen molar-refractivity contribution in [3.63, 3.8) is 0 Å². The Hall–Kier alpha value is -0.560. The first-order chi connectivity index (χ1) is 6.74. The summed E-state index contributed by atoms with van der Waals surface area (Å²) >= 11 is 0. The first-order valence-corrected chi connectivity index (χ1v) is 5.13. The molecule has 0 amide bonds. The molecule has 82 valence electrons. The second-order valence-corrected chi connectivity index (χ2v) is 3.76. The maximum absolute atomic E-state index is 5.46. The van der Waals surface area contributed by atoms with Gasteiger partial charge in [-0.05, 0) is 25.2 Å². The zero-order chi connectivity index (χ0) is 10.8. The quantitative estimate of drug-likeness (QED) is 0.267. The number of rotatable bonds is 8. The molecule has 3 nitrogen and oxygen atoms in total. The van der Waals surface area contributed by atoms with E-state index in [4.69, 9.17) is 17.0 Å². The lowest BCUT2D eigenvalue weighted by molar-refractivity contribution is 0.148. The van der Waals surface area contributed by atoms with Crippen molar-refractivity contribution in [1.82, 2.24) is 5.43 Å². The minimum absolute atomic E-state index is 0.355. The van der Waals surface area contributed by atoms with Gasteiger partial charge in [0.1, 0.15) is 0 Å². The normalized spacial score (nSPS) is 14.7. The predicted octanol–water partition coefficient (Wildman–Crippen LogP) is 1.29. The van der Waals surface area contributed by atoms with Crippen LogP contribution in [0.3, 0.4) is 0 Å². The van der Waals surface area contributed by atoms with Crippen LogP contribution in [0.25, 0.3) is 0 Å². The number of hydrazine groups is 1. The monoisotopic (exact) mass is 198 g/mol. The molecule has 0 aliphatic carbocycles. The van der Waals surface area contributed by atoms with E-state index in [1.807, 2.05) is 0 Å². The van der Waals surface area contributed by atoms with Gasteiger partial charge < -0.3 is 4.74 Å². The van der Waals surface area contributed by atoms with Gasteiger partial charge in [-0.15, -0.1) is 12.3 Å². The molecule has 0 fully saturated rings. The van der Waals surface area contributed by atoms with Crippen LogP contribution in [0.2, 0.25) is 0 Å². The van der Waals surface area contributed by atoms with E-state index in [0.29, 0.717) is 12.0 Å². The van der Waals surface area contributed by atoms with Crippen LogP contribution < -0.4 is 11.3 Å². The van der Waals surface area contributed by atoms with Gasteiger partial charge in [-0.2, -0.15) is 0 Å². The summed E-state index contributed by atoms with van der Waals surface area (Å²) in [5.74, 6) is 8.62. The molecule has 0 aliphatic rings. The molecule has 3 N–H and O–H groups in total. The van der Waals surface area contributed by atoms with Crippen molar-refractivity contribution in [3.8, 4) is 12.3 Å². The largest absolute Gasteiger partial charge is 0.384 e. The fraction of sp³-hybridized carbons (Fsp3) is 0.818. The summed E-state index contributed by atoms with van der Waals surface area (Å²) in [7, 11) is 1.72. The van der Waals surface area contributed by atoms with Crippen molar-refractivity contribution in [2.75, 3.05) is 13.7 Å². The molecule has 0 aromatic heterocycles. The van der Waals surface area contributed by atoms with Crippen molar-refractivity contribution < 1.29 is 4.74 Å². The molecule has 0 rings (SSSR count). The number of hydrogen-bond acceptors (Lipinski definition) is 3. The molecule has 0 spiro atoms. The van der Waals surface area contributed by atoms with Crippen molar-refractivity contribution in [2.24, 2.45) is 11.8 Å². The predicted molar refractivity (Wildman–Crippen MR) is 59.5 cm³/mol. The molecule has 2 unspecified atom stereocenters. The molecule has 14 heavy (non-hydrogen) atoms. The summed E-state index contributed by atoms with van der Waals surface area (Å²) in [6, 6.07) is 0.355. The van der Waals surface area contributed by atoms with E-state index in [1.54, 1.807) is 7.11 Å². The van der Waals surface area contributed by atoms with E-state index in [0.717, 1.165) is 32.3 Å². The topological polar surface area (TPSA) is 47.3 Å². The Balaban J connectivity index is 3.62. The molecular formula is C11H22N2O.